The quantitative estimate of drug-likeness (QED) is 0.662. The minimum atomic E-state index is 0.467. The Bertz CT molecular complexity index is 797. The molecule has 0 atom stereocenters. The number of halogens is 3. The number of hydrogen-bond acceptors (Lipinski definition) is 2. The van der Waals surface area contributed by atoms with Crippen molar-refractivity contribution < 1.29 is 0 Å². The van der Waals surface area contributed by atoms with E-state index in [4.69, 9.17) is 28.9 Å². The maximum absolute atomic E-state index is 6.04. The molecule has 0 fully saturated rings. The van der Waals surface area contributed by atoms with E-state index in [1.54, 1.807) is 16.8 Å². The molecular weight excluding hydrogens is 373 g/mol. The largest absolute Gasteiger partial charge is 0.384 e. The lowest BCUT2D eigenvalue weighted by atomic mass is 10.2. The summed E-state index contributed by atoms with van der Waals surface area (Å²) in [5.74, 6) is 0.534. The van der Waals surface area contributed by atoms with E-state index in [1.165, 1.54) is 0 Å². The Kier molecular flexibility index (Phi) is 3.93. The molecule has 3 aromatic rings. The summed E-state index contributed by atoms with van der Waals surface area (Å²) >= 11 is 15.4. The molecule has 3 nitrogen and oxygen atoms in total. The minimum absolute atomic E-state index is 0.467. The highest BCUT2D eigenvalue weighted by Gasteiger charge is 2.10. The van der Waals surface area contributed by atoms with Crippen molar-refractivity contribution in [2.24, 2.45) is 0 Å². The molecule has 3 rings (SSSR count). The zero-order valence-electron chi connectivity index (χ0n) is 10.7. The Morgan fingerprint density at radius 1 is 0.952 bits per heavy atom. The summed E-state index contributed by atoms with van der Waals surface area (Å²) in [4.78, 5) is 0. The summed E-state index contributed by atoms with van der Waals surface area (Å²) in [6.45, 7) is 0. The van der Waals surface area contributed by atoms with E-state index in [9.17, 15) is 0 Å². The van der Waals surface area contributed by atoms with Gasteiger partial charge in [-0.1, -0.05) is 51.3 Å². The predicted octanol–water partition coefficient (Wildman–Crippen LogP) is 5.19. The Hall–Kier alpha value is -1.49. The van der Waals surface area contributed by atoms with Crippen molar-refractivity contribution in [1.29, 1.82) is 0 Å². The average molecular weight is 383 g/mol. The van der Waals surface area contributed by atoms with Crippen molar-refractivity contribution >= 4 is 44.9 Å². The summed E-state index contributed by atoms with van der Waals surface area (Å²) in [7, 11) is 0. The molecule has 1 heterocycles. The van der Waals surface area contributed by atoms with E-state index in [0.29, 0.717) is 15.9 Å². The van der Waals surface area contributed by atoms with Crippen molar-refractivity contribution in [1.82, 2.24) is 9.78 Å². The van der Waals surface area contributed by atoms with Gasteiger partial charge in [0.1, 0.15) is 5.82 Å². The van der Waals surface area contributed by atoms with Crippen LogP contribution in [0.3, 0.4) is 0 Å². The van der Waals surface area contributed by atoms with E-state index in [0.717, 1.165) is 21.4 Å². The second-order valence-corrected chi connectivity index (χ2v) is 6.20. The first kappa shape index (κ1) is 14.4. The van der Waals surface area contributed by atoms with Gasteiger partial charge in [-0.2, -0.15) is 5.10 Å². The van der Waals surface area contributed by atoms with Gasteiger partial charge in [-0.25, -0.2) is 4.68 Å². The fourth-order valence-corrected chi connectivity index (χ4v) is 2.54. The van der Waals surface area contributed by atoms with Crippen LogP contribution in [-0.4, -0.2) is 9.78 Å². The van der Waals surface area contributed by atoms with E-state index in [2.05, 4.69) is 21.0 Å². The molecule has 0 aliphatic heterocycles. The molecule has 106 valence electrons. The van der Waals surface area contributed by atoms with Gasteiger partial charge in [-0.15, -0.1) is 0 Å². The fraction of sp³-hybridized carbons (Fsp3) is 0. The van der Waals surface area contributed by atoms with Gasteiger partial charge in [0.25, 0.3) is 0 Å². The van der Waals surface area contributed by atoms with Crippen molar-refractivity contribution in [3.05, 3.63) is 63.0 Å². The summed E-state index contributed by atoms with van der Waals surface area (Å²) in [6.07, 6.45) is 0. The third-order valence-electron chi connectivity index (χ3n) is 3.02. The topological polar surface area (TPSA) is 43.8 Å². The molecule has 0 aliphatic rings. The lowest BCUT2D eigenvalue weighted by molar-refractivity contribution is 0.895. The highest BCUT2D eigenvalue weighted by Crippen LogP contribution is 2.28. The molecule has 0 unspecified atom stereocenters. The predicted molar refractivity (Wildman–Crippen MR) is 91.1 cm³/mol. The van der Waals surface area contributed by atoms with Crippen LogP contribution < -0.4 is 5.73 Å². The van der Waals surface area contributed by atoms with Crippen molar-refractivity contribution in [3.8, 4) is 16.9 Å². The molecule has 1 aromatic heterocycles. The highest BCUT2D eigenvalue weighted by molar-refractivity contribution is 9.10. The first-order chi connectivity index (χ1) is 10.0. The van der Waals surface area contributed by atoms with Gasteiger partial charge in [-0.3, -0.25) is 0 Å². The second-order valence-electron chi connectivity index (χ2n) is 4.47. The van der Waals surface area contributed by atoms with Crippen LogP contribution in [0.5, 0.6) is 0 Å². The van der Waals surface area contributed by atoms with Gasteiger partial charge >= 0.3 is 0 Å². The first-order valence-electron chi connectivity index (χ1n) is 6.11. The zero-order valence-corrected chi connectivity index (χ0v) is 13.8. The van der Waals surface area contributed by atoms with Crippen LogP contribution in [-0.2, 0) is 0 Å². The summed E-state index contributed by atoms with van der Waals surface area (Å²) in [6, 6.07) is 15.0. The Morgan fingerprint density at radius 2 is 1.67 bits per heavy atom. The van der Waals surface area contributed by atoms with Crippen molar-refractivity contribution in [2.45, 2.75) is 0 Å². The molecule has 0 saturated heterocycles. The van der Waals surface area contributed by atoms with Crippen LogP contribution in [0.2, 0.25) is 10.0 Å². The van der Waals surface area contributed by atoms with Crippen LogP contribution in [0, 0.1) is 0 Å². The monoisotopic (exact) mass is 381 g/mol. The molecule has 2 N–H and O–H groups in total. The van der Waals surface area contributed by atoms with Crippen molar-refractivity contribution in [3.63, 3.8) is 0 Å². The number of aromatic nitrogens is 2. The number of anilines is 1. The molecule has 0 radical (unpaired) electrons. The lowest BCUT2D eigenvalue weighted by Crippen LogP contribution is -2.01. The number of nitrogen functional groups attached to an aromatic ring is 1. The van der Waals surface area contributed by atoms with Gasteiger partial charge in [0.2, 0.25) is 0 Å². The average Bonchev–Trinajstić information content (AvgIpc) is 2.85. The second kappa shape index (κ2) is 5.72. The van der Waals surface area contributed by atoms with Gasteiger partial charge in [-0.05, 0) is 30.3 Å². The lowest BCUT2D eigenvalue weighted by Gasteiger charge is -2.05. The molecule has 2 aromatic carbocycles. The number of nitrogens with two attached hydrogens (primary N) is 1. The van der Waals surface area contributed by atoms with Crippen LogP contribution in [0.4, 0.5) is 5.82 Å². The van der Waals surface area contributed by atoms with Crippen LogP contribution in [0.1, 0.15) is 0 Å². The van der Waals surface area contributed by atoms with Gasteiger partial charge in [0.15, 0.2) is 0 Å². The number of hydrogen-bond donors (Lipinski definition) is 1. The Labute approximate surface area is 140 Å². The molecular formula is C15H10BrCl2N3. The molecule has 0 bridgehead atoms. The molecule has 0 amide bonds. The third-order valence-corrected chi connectivity index (χ3v) is 4.29. The maximum atomic E-state index is 6.04. The summed E-state index contributed by atoms with van der Waals surface area (Å²) in [5, 5.41) is 5.49. The maximum Gasteiger partial charge on any atom is 0.127 e. The number of rotatable bonds is 2. The fourth-order valence-electron chi connectivity index (χ4n) is 1.98. The number of benzene rings is 2. The van der Waals surface area contributed by atoms with Gasteiger partial charge in [0, 0.05) is 16.1 Å². The molecule has 0 spiro atoms. The van der Waals surface area contributed by atoms with E-state index < -0.39 is 0 Å². The highest BCUT2D eigenvalue weighted by atomic mass is 79.9. The summed E-state index contributed by atoms with van der Waals surface area (Å²) < 4.78 is 2.66. The van der Waals surface area contributed by atoms with Gasteiger partial charge in [0.05, 0.1) is 21.4 Å². The molecule has 0 saturated carbocycles. The minimum Gasteiger partial charge on any atom is -0.384 e. The smallest absolute Gasteiger partial charge is 0.127 e. The normalized spacial score (nSPS) is 10.8. The SMILES string of the molecule is Nc1cc(-c2ccc(Br)cc2)nn1-c1ccc(Cl)c(Cl)c1. The standard InChI is InChI=1S/C15H10BrCl2N3/c16-10-3-1-9(2-4-10)14-8-15(19)21(20-14)11-5-6-12(17)13(18)7-11/h1-8H,19H2. The van der Waals surface area contributed by atoms with Crippen LogP contribution >= 0.6 is 39.1 Å². The van der Waals surface area contributed by atoms with Crippen molar-refractivity contribution in [2.75, 3.05) is 5.73 Å². The Balaban J connectivity index is 2.05. The summed E-state index contributed by atoms with van der Waals surface area (Å²) in [5.41, 5.74) is 8.60. The first-order valence-corrected chi connectivity index (χ1v) is 7.66. The third kappa shape index (κ3) is 2.93. The molecule has 6 heteroatoms. The molecule has 0 aliphatic carbocycles. The van der Waals surface area contributed by atoms with E-state index in [-0.39, 0.29) is 0 Å². The molecule has 21 heavy (non-hydrogen) atoms. The van der Waals surface area contributed by atoms with Gasteiger partial charge < -0.3 is 5.73 Å². The Morgan fingerprint density at radius 3 is 2.33 bits per heavy atom. The zero-order chi connectivity index (χ0) is 15.0. The number of nitrogens with zero attached hydrogens (tertiary/aromatic N) is 2. The van der Waals surface area contributed by atoms with Crippen LogP contribution in [0.25, 0.3) is 16.9 Å². The van der Waals surface area contributed by atoms with Crippen LogP contribution in [0.15, 0.2) is 53.0 Å². The van der Waals surface area contributed by atoms with E-state index >= 15 is 0 Å². The van der Waals surface area contributed by atoms with E-state index in [1.807, 2.05) is 36.4 Å².